The number of rotatable bonds is 3. The monoisotopic (exact) mass is 285 g/mol. The highest BCUT2D eigenvalue weighted by atomic mass is 16.5. The fourth-order valence-electron chi connectivity index (χ4n) is 2.54. The maximum Gasteiger partial charge on any atom is 0.255 e. The van der Waals surface area contributed by atoms with Crippen LogP contribution in [0.4, 0.5) is 5.69 Å². The Balaban J connectivity index is 1.68. The molecule has 1 fully saturated rings. The summed E-state index contributed by atoms with van der Waals surface area (Å²) in [5.74, 6) is -0.106. The molecule has 5 nitrogen and oxygen atoms in total. The van der Waals surface area contributed by atoms with Crippen molar-refractivity contribution in [3.63, 3.8) is 0 Å². The molecule has 0 unspecified atom stereocenters. The van der Waals surface area contributed by atoms with Crippen molar-refractivity contribution in [3.05, 3.63) is 47.8 Å². The van der Waals surface area contributed by atoms with Crippen LogP contribution < -0.4 is 5.32 Å². The Morgan fingerprint density at radius 3 is 2.95 bits per heavy atom. The summed E-state index contributed by atoms with van der Waals surface area (Å²) in [5, 5.41) is 7.24. The summed E-state index contributed by atoms with van der Waals surface area (Å²) in [4.78, 5) is 12.2. The molecule has 1 aromatic carbocycles. The van der Waals surface area contributed by atoms with Crippen molar-refractivity contribution in [1.29, 1.82) is 0 Å². The number of anilines is 1. The molecule has 3 rings (SSSR count). The molecular weight excluding hydrogens is 266 g/mol. The minimum Gasteiger partial charge on any atom is -0.381 e. The number of amides is 1. The van der Waals surface area contributed by atoms with Crippen LogP contribution in [0.3, 0.4) is 0 Å². The van der Waals surface area contributed by atoms with Crippen molar-refractivity contribution in [2.45, 2.75) is 25.8 Å². The Labute approximate surface area is 123 Å². The molecule has 1 aromatic heterocycles. The quantitative estimate of drug-likeness (QED) is 0.943. The predicted octanol–water partition coefficient (Wildman–Crippen LogP) is 2.80. The SMILES string of the molecule is Cc1cccc(C(=O)Nc2cnn(C3CCOCC3)c2)c1. The molecule has 5 heteroatoms. The van der Waals surface area contributed by atoms with E-state index in [4.69, 9.17) is 4.74 Å². The van der Waals surface area contributed by atoms with Crippen LogP contribution in [0.5, 0.6) is 0 Å². The second-order valence-corrected chi connectivity index (χ2v) is 5.38. The lowest BCUT2D eigenvalue weighted by Crippen LogP contribution is -2.19. The van der Waals surface area contributed by atoms with Crippen molar-refractivity contribution in [3.8, 4) is 0 Å². The van der Waals surface area contributed by atoms with E-state index in [-0.39, 0.29) is 5.91 Å². The van der Waals surface area contributed by atoms with Gasteiger partial charge in [0.2, 0.25) is 0 Å². The molecule has 21 heavy (non-hydrogen) atoms. The van der Waals surface area contributed by atoms with Crippen LogP contribution in [0.25, 0.3) is 0 Å². The van der Waals surface area contributed by atoms with E-state index in [9.17, 15) is 4.79 Å². The average Bonchev–Trinajstić information content (AvgIpc) is 2.97. The van der Waals surface area contributed by atoms with Gasteiger partial charge >= 0.3 is 0 Å². The molecule has 0 saturated carbocycles. The second-order valence-electron chi connectivity index (χ2n) is 5.38. The Kier molecular flexibility index (Phi) is 4.01. The van der Waals surface area contributed by atoms with Gasteiger partial charge in [0.05, 0.1) is 17.9 Å². The largest absolute Gasteiger partial charge is 0.381 e. The van der Waals surface area contributed by atoms with Gasteiger partial charge in [-0.15, -0.1) is 0 Å². The molecule has 1 saturated heterocycles. The number of nitrogens with one attached hydrogen (secondary N) is 1. The van der Waals surface area contributed by atoms with E-state index in [2.05, 4.69) is 10.4 Å². The molecule has 2 heterocycles. The van der Waals surface area contributed by atoms with Gasteiger partial charge in [0.15, 0.2) is 0 Å². The van der Waals surface area contributed by atoms with Gasteiger partial charge in [-0.2, -0.15) is 5.10 Å². The summed E-state index contributed by atoms with van der Waals surface area (Å²) >= 11 is 0. The first-order chi connectivity index (χ1) is 10.2. The molecule has 0 aliphatic carbocycles. The number of carbonyl (C=O) groups excluding carboxylic acids is 1. The molecule has 0 bridgehead atoms. The van der Waals surface area contributed by atoms with Gasteiger partial charge in [-0.05, 0) is 31.9 Å². The van der Waals surface area contributed by atoms with Crippen LogP contribution >= 0.6 is 0 Å². The van der Waals surface area contributed by atoms with Crippen molar-refractivity contribution < 1.29 is 9.53 Å². The summed E-state index contributed by atoms with van der Waals surface area (Å²) < 4.78 is 7.28. The third kappa shape index (κ3) is 3.31. The summed E-state index contributed by atoms with van der Waals surface area (Å²) in [6, 6.07) is 7.91. The van der Waals surface area contributed by atoms with E-state index in [1.807, 2.05) is 42.1 Å². The van der Waals surface area contributed by atoms with Crippen LogP contribution in [0.1, 0.15) is 34.8 Å². The third-order valence-corrected chi connectivity index (χ3v) is 3.70. The lowest BCUT2D eigenvalue weighted by molar-refractivity contribution is 0.0662. The Hall–Kier alpha value is -2.14. The molecule has 0 spiro atoms. The lowest BCUT2D eigenvalue weighted by atomic mass is 10.1. The highest BCUT2D eigenvalue weighted by Gasteiger charge is 2.17. The van der Waals surface area contributed by atoms with Crippen molar-refractivity contribution in [2.75, 3.05) is 18.5 Å². The first kappa shape index (κ1) is 13.8. The standard InChI is InChI=1S/C16H19N3O2/c1-12-3-2-4-13(9-12)16(20)18-14-10-17-19(11-14)15-5-7-21-8-6-15/h2-4,9-11,15H,5-8H2,1H3,(H,18,20). The Bertz CT molecular complexity index is 630. The smallest absolute Gasteiger partial charge is 0.255 e. The van der Waals surface area contributed by atoms with Gasteiger partial charge in [0.1, 0.15) is 0 Å². The normalized spacial score (nSPS) is 15.9. The van der Waals surface area contributed by atoms with Gasteiger partial charge in [-0.3, -0.25) is 9.48 Å². The lowest BCUT2D eigenvalue weighted by Gasteiger charge is -2.22. The van der Waals surface area contributed by atoms with E-state index in [1.165, 1.54) is 0 Å². The number of aryl methyl sites for hydroxylation is 1. The molecule has 2 aromatic rings. The van der Waals surface area contributed by atoms with E-state index in [1.54, 1.807) is 6.20 Å². The van der Waals surface area contributed by atoms with Crippen LogP contribution in [0, 0.1) is 6.92 Å². The number of hydrogen-bond acceptors (Lipinski definition) is 3. The molecule has 1 N–H and O–H groups in total. The zero-order valence-electron chi connectivity index (χ0n) is 12.1. The summed E-state index contributed by atoms with van der Waals surface area (Å²) in [5.41, 5.74) is 2.46. The zero-order valence-corrected chi connectivity index (χ0v) is 12.1. The minimum atomic E-state index is -0.106. The van der Waals surface area contributed by atoms with E-state index in [0.29, 0.717) is 11.6 Å². The third-order valence-electron chi connectivity index (χ3n) is 3.70. The average molecular weight is 285 g/mol. The topological polar surface area (TPSA) is 56.2 Å². The summed E-state index contributed by atoms with van der Waals surface area (Å²) in [7, 11) is 0. The molecular formula is C16H19N3O2. The second kappa shape index (κ2) is 6.10. The minimum absolute atomic E-state index is 0.106. The van der Waals surface area contributed by atoms with E-state index >= 15 is 0 Å². The maximum atomic E-state index is 12.2. The fourth-order valence-corrected chi connectivity index (χ4v) is 2.54. The van der Waals surface area contributed by atoms with Gasteiger partial charge in [0, 0.05) is 25.0 Å². The van der Waals surface area contributed by atoms with Crippen LogP contribution in [0.15, 0.2) is 36.7 Å². The predicted molar refractivity (Wildman–Crippen MR) is 80.4 cm³/mol. The number of aromatic nitrogens is 2. The first-order valence-corrected chi connectivity index (χ1v) is 7.22. The van der Waals surface area contributed by atoms with Gasteiger partial charge in [-0.25, -0.2) is 0 Å². The van der Waals surface area contributed by atoms with Gasteiger partial charge in [0.25, 0.3) is 5.91 Å². The first-order valence-electron chi connectivity index (χ1n) is 7.22. The van der Waals surface area contributed by atoms with E-state index < -0.39 is 0 Å². The Morgan fingerprint density at radius 2 is 2.19 bits per heavy atom. The number of ether oxygens (including phenoxy) is 1. The van der Waals surface area contributed by atoms with Gasteiger partial charge in [-0.1, -0.05) is 17.7 Å². The van der Waals surface area contributed by atoms with Gasteiger partial charge < -0.3 is 10.1 Å². The number of nitrogens with zero attached hydrogens (tertiary/aromatic N) is 2. The number of carbonyl (C=O) groups is 1. The molecule has 0 radical (unpaired) electrons. The molecule has 1 amide bonds. The fraction of sp³-hybridized carbons (Fsp3) is 0.375. The van der Waals surface area contributed by atoms with Crippen molar-refractivity contribution >= 4 is 11.6 Å². The van der Waals surface area contributed by atoms with Crippen LogP contribution in [-0.2, 0) is 4.74 Å². The van der Waals surface area contributed by atoms with Crippen molar-refractivity contribution in [1.82, 2.24) is 9.78 Å². The number of benzene rings is 1. The molecule has 110 valence electrons. The van der Waals surface area contributed by atoms with Crippen LogP contribution in [-0.4, -0.2) is 28.9 Å². The molecule has 0 atom stereocenters. The van der Waals surface area contributed by atoms with Crippen LogP contribution in [0.2, 0.25) is 0 Å². The Morgan fingerprint density at radius 1 is 1.38 bits per heavy atom. The molecule has 1 aliphatic heterocycles. The number of hydrogen-bond donors (Lipinski definition) is 1. The van der Waals surface area contributed by atoms with E-state index in [0.717, 1.165) is 37.3 Å². The summed E-state index contributed by atoms with van der Waals surface area (Å²) in [6.07, 6.45) is 5.52. The van der Waals surface area contributed by atoms with Crippen molar-refractivity contribution in [2.24, 2.45) is 0 Å². The highest BCUT2D eigenvalue weighted by molar-refractivity contribution is 6.04. The highest BCUT2D eigenvalue weighted by Crippen LogP contribution is 2.21. The zero-order chi connectivity index (χ0) is 14.7. The molecule has 1 aliphatic rings. The maximum absolute atomic E-state index is 12.2. The summed E-state index contributed by atoms with van der Waals surface area (Å²) in [6.45, 7) is 3.52.